The van der Waals surface area contributed by atoms with Crippen LogP contribution in [-0.2, 0) is 11.3 Å². The fourth-order valence-electron chi connectivity index (χ4n) is 7.13. The molecule has 2 aromatic heterocycles. The van der Waals surface area contributed by atoms with Gasteiger partial charge in [0.2, 0.25) is 0 Å². The minimum Gasteiger partial charge on any atom is -0.481 e. The van der Waals surface area contributed by atoms with Gasteiger partial charge in [-0.1, -0.05) is 56.3 Å². The lowest BCUT2D eigenvalue weighted by molar-refractivity contribution is -0.144. The van der Waals surface area contributed by atoms with Crippen molar-refractivity contribution in [3.8, 4) is 0 Å². The monoisotopic (exact) mass is 591 g/mol. The number of allylic oxidation sites excluding steroid dienone is 1. The second-order valence-electron chi connectivity index (χ2n) is 12.9. The highest BCUT2D eigenvalue weighted by Gasteiger charge is 2.62. The Hall–Kier alpha value is -4.30. The van der Waals surface area contributed by atoms with Gasteiger partial charge in [-0.15, -0.1) is 0 Å². The molecule has 4 N–H and O–H groups in total. The van der Waals surface area contributed by atoms with Crippen LogP contribution in [-0.4, -0.2) is 36.7 Å². The topological polar surface area (TPSA) is 127 Å². The van der Waals surface area contributed by atoms with Gasteiger partial charge in [0.1, 0.15) is 0 Å². The number of carbonyl (C=O) groups is 1. The summed E-state index contributed by atoms with van der Waals surface area (Å²) in [5.41, 5.74) is 14.2. The molecule has 8 heteroatoms. The highest BCUT2D eigenvalue weighted by atomic mass is 16.4. The number of hydrogen-bond donors (Lipinski definition) is 3. The lowest BCUT2D eigenvalue weighted by Crippen LogP contribution is -2.23. The van der Waals surface area contributed by atoms with Gasteiger partial charge in [0, 0.05) is 40.2 Å². The molecular weight excluding hydrogens is 550 g/mol. The van der Waals surface area contributed by atoms with Crippen molar-refractivity contribution in [2.45, 2.75) is 71.9 Å². The minimum atomic E-state index is -0.671. The molecule has 2 heterocycles. The standard InChI is InChI=1S/C36H41N5O3/c1-21(2)33(23(4)39-29-13-14-30(38-22(29)3)25-15-16-36(35(43)44)18-26(36)17-25)34(37)27-11-8-12-31-28(27)19-41(40-31)20-32(42)24-9-6-5-7-10-24/h5-14,19,21,25-26,32,42H,15-18,20,37H2,1-4H3,(H,43,44)/b34-33-,39-23?. The average Bonchev–Trinajstić information content (AvgIpc) is 3.61. The lowest BCUT2D eigenvalue weighted by Gasteiger charge is -2.25. The molecule has 0 radical (unpaired) electrons. The maximum atomic E-state index is 11.7. The predicted octanol–water partition coefficient (Wildman–Crippen LogP) is 6.95. The molecule has 0 saturated heterocycles. The molecule has 4 unspecified atom stereocenters. The number of carboxylic acid groups (broad SMARTS) is 1. The molecule has 2 saturated carbocycles. The Kier molecular flexibility index (Phi) is 7.88. The van der Waals surface area contributed by atoms with Crippen molar-refractivity contribution in [3.05, 3.63) is 94.9 Å². The van der Waals surface area contributed by atoms with Gasteiger partial charge in [-0.05, 0) is 80.7 Å². The van der Waals surface area contributed by atoms with Crippen molar-refractivity contribution in [1.29, 1.82) is 0 Å². The molecule has 0 bridgehead atoms. The number of nitrogens with zero attached hydrogens (tertiary/aromatic N) is 4. The lowest BCUT2D eigenvalue weighted by atomic mass is 9.80. The second kappa shape index (κ2) is 11.7. The molecule has 0 spiro atoms. The highest BCUT2D eigenvalue weighted by molar-refractivity contribution is 6.08. The zero-order valence-corrected chi connectivity index (χ0v) is 25.9. The van der Waals surface area contributed by atoms with E-state index in [9.17, 15) is 15.0 Å². The van der Waals surface area contributed by atoms with Crippen LogP contribution in [0.1, 0.15) is 81.0 Å². The van der Waals surface area contributed by atoms with E-state index in [1.807, 2.05) is 74.6 Å². The van der Waals surface area contributed by atoms with Crippen molar-refractivity contribution >= 4 is 34.0 Å². The molecule has 44 heavy (non-hydrogen) atoms. The summed E-state index contributed by atoms with van der Waals surface area (Å²) in [5, 5.41) is 26.0. The Morgan fingerprint density at radius 3 is 2.59 bits per heavy atom. The molecule has 8 nitrogen and oxygen atoms in total. The van der Waals surface area contributed by atoms with E-state index in [4.69, 9.17) is 20.8 Å². The fourth-order valence-corrected chi connectivity index (χ4v) is 7.13. The summed E-state index contributed by atoms with van der Waals surface area (Å²) in [6, 6.07) is 19.6. The van der Waals surface area contributed by atoms with Crippen LogP contribution in [0.3, 0.4) is 0 Å². The zero-order valence-electron chi connectivity index (χ0n) is 25.9. The molecule has 228 valence electrons. The number of pyridine rings is 1. The summed E-state index contributed by atoms with van der Waals surface area (Å²) in [7, 11) is 0. The molecule has 6 rings (SSSR count). The van der Waals surface area contributed by atoms with Crippen molar-refractivity contribution in [2.75, 3.05) is 0 Å². The number of carboxylic acids is 1. The zero-order chi connectivity index (χ0) is 31.2. The Balaban J connectivity index is 1.26. The van der Waals surface area contributed by atoms with Gasteiger partial charge in [0.05, 0.1) is 35.0 Å². The van der Waals surface area contributed by atoms with Crippen molar-refractivity contribution < 1.29 is 15.0 Å². The quantitative estimate of drug-likeness (QED) is 0.181. The van der Waals surface area contributed by atoms with Crippen LogP contribution in [0.5, 0.6) is 0 Å². The van der Waals surface area contributed by atoms with Crippen molar-refractivity contribution in [3.63, 3.8) is 0 Å². The minimum absolute atomic E-state index is 0.117. The summed E-state index contributed by atoms with van der Waals surface area (Å²) >= 11 is 0. The van der Waals surface area contributed by atoms with Gasteiger partial charge < -0.3 is 15.9 Å². The van der Waals surface area contributed by atoms with Crippen LogP contribution in [0.15, 0.2) is 77.4 Å². The largest absolute Gasteiger partial charge is 0.481 e. The van der Waals surface area contributed by atoms with Crippen molar-refractivity contribution in [2.24, 2.45) is 28.0 Å². The Morgan fingerprint density at radius 2 is 1.91 bits per heavy atom. The Morgan fingerprint density at radius 1 is 1.14 bits per heavy atom. The number of benzene rings is 2. The van der Waals surface area contributed by atoms with Gasteiger partial charge >= 0.3 is 5.97 Å². The van der Waals surface area contributed by atoms with E-state index >= 15 is 0 Å². The van der Waals surface area contributed by atoms with Crippen LogP contribution in [0, 0.1) is 24.2 Å². The Labute approximate surface area is 258 Å². The summed E-state index contributed by atoms with van der Waals surface area (Å²) in [4.78, 5) is 21.6. The molecule has 2 aliphatic rings. The number of aliphatic hydroxyl groups is 1. The fraction of sp³-hybridized carbons (Fsp3) is 0.389. The first-order valence-corrected chi connectivity index (χ1v) is 15.5. The number of aliphatic imine (C=N–C) groups is 1. The first-order chi connectivity index (χ1) is 21.1. The van der Waals surface area contributed by atoms with E-state index in [0.29, 0.717) is 18.2 Å². The number of aryl methyl sites for hydroxylation is 1. The summed E-state index contributed by atoms with van der Waals surface area (Å²) in [6.07, 6.45) is 4.57. The maximum absolute atomic E-state index is 11.7. The van der Waals surface area contributed by atoms with Crippen LogP contribution < -0.4 is 5.73 Å². The summed E-state index contributed by atoms with van der Waals surface area (Å²) in [6.45, 7) is 8.55. The third kappa shape index (κ3) is 5.54. The second-order valence-corrected chi connectivity index (χ2v) is 12.9. The summed E-state index contributed by atoms with van der Waals surface area (Å²) in [5.74, 6) is 0.0509. The number of aliphatic carboxylic acids is 1. The van der Waals surface area contributed by atoms with E-state index in [1.54, 1.807) is 4.68 Å². The SMILES string of the molecule is CC(=Nc1ccc(C2CCC3(C(=O)O)CC3C2)nc1C)/C(=C(\N)c1cccc2nn(CC(O)c3ccccc3)cc12)C(C)C. The third-order valence-electron chi connectivity index (χ3n) is 9.64. The highest BCUT2D eigenvalue weighted by Crippen LogP contribution is 2.64. The molecular formula is C36H41N5O3. The number of aromatic nitrogens is 3. The van der Waals surface area contributed by atoms with Gasteiger partial charge in [0.25, 0.3) is 0 Å². The van der Waals surface area contributed by atoms with E-state index in [1.165, 1.54) is 0 Å². The first-order valence-electron chi connectivity index (χ1n) is 15.5. The smallest absolute Gasteiger partial charge is 0.309 e. The van der Waals surface area contributed by atoms with Gasteiger partial charge in [0.15, 0.2) is 0 Å². The molecule has 2 aliphatic carbocycles. The number of aliphatic hydroxyl groups excluding tert-OH is 1. The molecule has 4 aromatic rings. The third-order valence-corrected chi connectivity index (χ3v) is 9.64. The number of fused-ring (bicyclic) bond motifs is 2. The molecule has 4 atom stereocenters. The summed E-state index contributed by atoms with van der Waals surface area (Å²) < 4.78 is 1.78. The molecule has 2 fully saturated rings. The molecule has 0 aliphatic heterocycles. The van der Waals surface area contributed by atoms with Crippen molar-refractivity contribution in [1.82, 2.24) is 14.8 Å². The van der Waals surface area contributed by atoms with Gasteiger partial charge in [-0.3, -0.25) is 19.5 Å². The molecule has 2 aromatic carbocycles. The maximum Gasteiger partial charge on any atom is 0.309 e. The normalized spacial score (nSPS) is 22.9. The number of nitrogens with two attached hydrogens (primary N) is 1. The van der Waals surface area contributed by atoms with Gasteiger partial charge in [-0.25, -0.2) is 0 Å². The van der Waals surface area contributed by atoms with E-state index in [0.717, 1.165) is 76.1 Å². The average molecular weight is 592 g/mol. The number of rotatable bonds is 9. The predicted molar refractivity (Wildman–Crippen MR) is 174 cm³/mol. The Bertz CT molecular complexity index is 1770. The number of hydrogen-bond acceptors (Lipinski definition) is 6. The van der Waals surface area contributed by atoms with Crippen LogP contribution >= 0.6 is 0 Å². The molecule has 0 amide bonds. The van der Waals surface area contributed by atoms with E-state index < -0.39 is 17.5 Å². The van der Waals surface area contributed by atoms with Crippen LogP contribution in [0.4, 0.5) is 5.69 Å². The van der Waals surface area contributed by atoms with Crippen LogP contribution in [0.2, 0.25) is 0 Å². The van der Waals surface area contributed by atoms with E-state index in [2.05, 4.69) is 19.9 Å². The van der Waals surface area contributed by atoms with E-state index in [-0.39, 0.29) is 11.8 Å². The van der Waals surface area contributed by atoms with Gasteiger partial charge in [-0.2, -0.15) is 5.10 Å². The van der Waals surface area contributed by atoms with Crippen LogP contribution in [0.25, 0.3) is 16.6 Å². The first kappa shape index (κ1) is 29.8.